The zero-order chi connectivity index (χ0) is 27.8. The molecule has 2 saturated heterocycles. The zero-order valence-electron chi connectivity index (χ0n) is 22.5. The Kier molecular flexibility index (Phi) is 6.97. The number of nitrogens with one attached hydrogen (secondary N) is 2. The van der Waals surface area contributed by atoms with Crippen LogP contribution < -0.4 is 22.1 Å². The van der Waals surface area contributed by atoms with Crippen molar-refractivity contribution in [3.8, 4) is 11.1 Å². The molecule has 4 heterocycles. The van der Waals surface area contributed by atoms with Crippen LogP contribution in [0.2, 0.25) is 0 Å². The highest BCUT2D eigenvalue weighted by Gasteiger charge is 2.57. The number of piperidine rings is 1. The first-order valence-electron chi connectivity index (χ1n) is 13.7. The summed E-state index contributed by atoms with van der Waals surface area (Å²) in [5.41, 5.74) is 17.0. The van der Waals surface area contributed by atoms with E-state index in [1.165, 1.54) is 10.6 Å². The van der Waals surface area contributed by atoms with Gasteiger partial charge < -0.3 is 27.0 Å². The summed E-state index contributed by atoms with van der Waals surface area (Å²) in [7, 11) is 0. The lowest BCUT2D eigenvalue weighted by atomic mass is 9.90. The molecular weight excluding hydrogens is 504 g/mol. The van der Waals surface area contributed by atoms with Crippen molar-refractivity contribution in [1.82, 2.24) is 25.2 Å². The number of rotatable bonds is 7. The third-order valence-electron chi connectivity index (χ3n) is 7.75. The third-order valence-corrected chi connectivity index (χ3v) is 7.75. The highest BCUT2D eigenvalue weighted by molar-refractivity contribution is 6.23. The van der Waals surface area contributed by atoms with Gasteiger partial charge in [-0.05, 0) is 73.7 Å². The Labute approximate surface area is 233 Å². The summed E-state index contributed by atoms with van der Waals surface area (Å²) in [5.74, 6) is 0.0984. The largest absolute Gasteiger partial charge is 0.383 e. The number of hydrogen-bond donors (Lipinski definition) is 4. The number of hydrogen-bond acceptors (Lipinski definition) is 8. The number of carbonyl (C=O) groups is 2. The number of amides is 2. The lowest BCUT2D eigenvalue weighted by Gasteiger charge is -2.24. The topological polar surface area (TPSA) is 132 Å². The van der Waals surface area contributed by atoms with Crippen molar-refractivity contribution < 1.29 is 9.59 Å². The Morgan fingerprint density at radius 3 is 2.55 bits per heavy atom. The van der Waals surface area contributed by atoms with Crippen LogP contribution in [-0.2, 0) is 16.1 Å². The molecular formula is C30H34N8O2. The molecule has 10 nitrogen and oxygen atoms in total. The van der Waals surface area contributed by atoms with E-state index in [0.29, 0.717) is 24.0 Å². The van der Waals surface area contributed by atoms with E-state index < -0.39 is 5.91 Å². The van der Waals surface area contributed by atoms with Crippen molar-refractivity contribution in [2.75, 3.05) is 24.1 Å². The second-order valence-corrected chi connectivity index (χ2v) is 10.6. The number of nitrogens with zero attached hydrogens (tertiary/aromatic N) is 4. The molecule has 3 aliphatic heterocycles. The second kappa shape index (κ2) is 10.7. The molecule has 206 valence electrons. The standard InChI is InChI=1S/C30H34N8O2/c1-19(31)37-30-36(17-20-5-3-2-4-6-20)18-26(29(40)38(30)37)28(39)35-24-9-7-22(8-10-24)25-15-23(16-34-27(25)32)21-11-13-33-14-12-21/h2-10,15-16,18-19,21,30,33H,11-14,17,31H2,1H3,(H2,32,34)(H,35,39)/t19?,30-,37?,38?/m1/s1. The summed E-state index contributed by atoms with van der Waals surface area (Å²) in [4.78, 5) is 32.9. The zero-order valence-corrected chi connectivity index (χ0v) is 22.5. The summed E-state index contributed by atoms with van der Waals surface area (Å²) in [6.45, 7) is 4.36. The van der Waals surface area contributed by atoms with Crippen molar-refractivity contribution in [2.24, 2.45) is 5.73 Å². The van der Waals surface area contributed by atoms with E-state index >= 15 is 0 Å². The number of pyridine rings is 1. The minimum atomic E-state index is -0.472. The van der Waals surface area contributed by atoms with Gasteiger partial charge >= 0.3 is 0 Å². The highest BCUT2D eigenvalue weighted by atomic mass is 16.2. The maximum absolute atomic E-state index is 13.3. The van der Waals surface area contributed by atoms with Gasteiger partial charge in [0.25, 0.3) is 11.8 Å². The predicted molar refractivity (Wildman–Crippen MR) is 154 cm³/mol. The van der Waals surface area contributed by atoms with Gasteiger partial charge in [-0.25, -0.2) is 9.99 Å². The van der Waals surface area contributed by atoms with E-state index in [2.05, 4.69) is 21.7 Å². The molecule has 6 N–H and O–H groups in total. The number of nitrogen functional groups attached to an aromatic ring is 1. The lowest BCUT2D eigenvalue weighted by molar-refractivity contribution is -0.128. The van der Waals surface area contributed by atoms with Crippen LogP contribution in [0, 0.1) is 0 Å². The monoisotopic (exact) mass is 538 g/mol. The molecule has 0 aliphatic carbocycles. The first kappa shape index (κ1) is 26.0. The molecule has 6 rings (SSSR count). The molecule has 3 aromatic rings. The minimum absolute atomic E-state index is 0.0579. The van der Waals surface area contributed by atoms with E-state index in [1.54, 1.807) is 11.2 Å². The van der Waals surface area contributed by atoms with Crippen LogP contribution in [-0.4, -0.2) is 57.3 Å². The van der Waals surface area contributed by atoms with Gasteiger partial charge in [-0.3, -0.25) is 9.59 Å². The molecule has 2 unspecified atom stereocenters. The number of aromatic nitrogens is 1. The normalized spacial score (nSPS) is 21.4. The lowest BCUT2D eigenvalue weighted by Crippen LogP contribution is -2.36. The number of hydrazine groups is 1. The Balaban J connectivity index is 1.19. The van der Waals surface area contributed by atoms with Crippen LogP contribution in [0.1, 0.15) is 36.8 Å². The molecule has 40 heavy (non-hydrogen) atoms. The molecule has 0 saturated carbocycles. The molecule has 1 aromatic heterocycles. The molecule has 2 aromatic carbocycles. The van der Waals surface area contributed by atoms with Gasteiger partial charge in [0.2, 0.25) is 0 Å². The van der Waals surface area contributed by atoms with E-state index in [4.69, 9.17) is 11.5 Å². The highest BCUT2D eigenvalue weighted by Crippen LogP contribution is 2.38. The van der Waals surface area contributed by atoms with Crippen molar-refractivity contribution in [3.63, 3.8) is 0 Å². The number of carbonyl (C=O) groups excluding carboxylic acids is 2. The van der Waals surface area contributed by atoms with Crippen LogP contribution in [0.15, 0.2) is 78.6 Å². The number of fused-ring (bicyclic) bond motifs is 1. The maximum atomic E-state index is 13.3. The second-order valence-electron chi connectivity index (χ2n) is 10.6. The Bertz CT molecular complexity index is 1430. The number of anilines is 2. The average molecular weight is 539 g/mol. The van der Waals surface area contributed by atoms with Gasteiger partial charge in [0.05, 0.1) is 6.17 Å². The average Bonchev–Trinajstić information content (AvgIpc) is 3.74. The molecule has 0 radical (unpaired) electrons. The summed E-state index contributed by atoms with van der Waals surface area (Å²) < 4.78 is 0. The molecule has 2 fully saturated rings. The van der Waals surface area contributed by atoms with Crippen molar-refractivity contribution >= 4 is 23.3 Å². The van der Waals surface area contributed by atoms with Crippen molar-refractivity contribution in [3.05, 3.63) is 89.8 Å². The fourth-order valence-electron chi connectivity index (χ4n) is 5.60. The van der Waals surface area contributed by atoms with Gasteiger partial charge in [-0.15, -0.1) is 0 Å². The fourth-order valence-corrected chi connectivity index (χ4v) is 5.60. The van der Waals surface area contributed by atoms with E-state index in [1.807, 2.05) is 72.6 Å². The predicted octanol–water partition coefficient (Wildman–Crippen LogP) is 2.78. The fraction of sp³-hybridized carbons (Fsp3) is 0.300. The summed E-state index contributed by atoms with van der Waals surface area (Å²) >= 11 is 0. The molecule has 10 heteroatoms. The van der Waals surface area contributed by atoms with E-state index in [9.17, 15) is 9.59 Å². The van der Waals surface area contributed by atoms with Crippen LogP contribution >= 0.6 is 0 Å². The third kappa shape index (κ3) is 5.04. The number of nitrogens with two attached hydrogens (primary N) is 2. The quantitative estimate of drug-likeness (QED) is 0.267. The number of benzene rings is 2. The van der Waals surface area contributed by atoms with Crippen molar-refractivity contribution in [1.29, 1.82) is 0 Å². The Morgan fingerprint density at radius 2 is 1.85 bits per heavy atom. The van der Waals surface area contributed by atoms with Crippen LogP contribution in [0.5, 0.6) is 0 Å². The Hall–Kier alpha value is -4.25. The van der Waals surface area contributed by atoms with Crippen LogP contribution in [0.4, 0.5) is 11.5 Å². The molecule has 3 aliphatic rings. The van der Waals surface area contributed by atoms with Crippen LogP contribution in [0.3, 0.4) is 0 Å². The Morgan fingerprint density at radius 1 is 1.12 bits per heavy atom. The summed E-state index contributed by atoms with van der Waals surface area (Å²) in [5, 5.41) is 9.59. The van der Waals surface area contributed by atoms with Crippen molar-refractivity contribution in [2.45, 2.75) is 44.7 Å². The maximum Gasteiger partial charge on any atom is 0.278 e. The summed E-state index contributed by atoms with van der Waals surface area (Å²) in [6.07, 6.45) is 5.00. The van der Waals surface area contributed by atoms with Gasteiger partial charge in [-0.1, -0.05) is 42.5 Å². The van der Waals surface area contributed by atoms with E-state index in [0.717, 1.165) is 42.6 Å². The SMILES string of the molecule is CC(N)N1[C@H]2N(Cc3ccccc3)C=C(C(=O)Nc3ccc(-c4cc(C5CCNCC5)cnc4N)cc3)C(=O)N21. The molecule has 0 bridgehead atoms. The van der Waals surface area contributed by atoms with Gasteiger partial charge in [0.1, 0.15) is 11.4 Å². The van der Waals surface area contributed by atoms with Gasteiger partial charge in [0.15, 0.2) is 6.29 Å². The summed E-state index contributed by atoms with van der Waals surface area (Å²) in [6, 6.07) is 19.5. The molecule has 2 amide bonds. The first-order valence-corrected chi connectivity index (χ1v) is 13.7. The van der Waals surface area contributed by atoms with Crippen LogP contribution in [0.25, 0.3) is 11.1 Å². The smallest absolute Gasteiger partial charge is 0.278 e. The molecule has 3 atom stereocenters. The van der Waals surface area contributed by atoms with E-state index in [-0.39, 0.29) is 23.9 Å². The minimum Gasteiger partial charge on any atom is -0.383 e. The molecule has 0 spiro atoms. The van der Waals surface area contributed by atoms with Gasteiger partial charge in [0, 0.05) is 30.2 Å². The first-order chi connectivity index (χ1) is 19.4. The van der Waals surface area contributed by atoms with Gasteiger partial charge in [-0.2, -0.15) is 5.01 Å².